The second-order valence-corrected chi connectivity index (χ2v) is 13.4. The lowest BCUT2D eigenvalue weighted by Gasteiger charge is -2.39. The number of nitrogens with zero attached hydrogens (tertiary/aromatic N) is 6. The monoisotopic (exact) mass is 606 g/mol. The van der Waals surface area contributed by atoms with Gasteiger partial charge in [-0.25, -0.2) is 18.9 Å². The number of hydrogen-bond acceptors (Lipinski definition) is 9. The highest BCUT2D eigenvalue weighted by Crippen LogP contribution is 2.40. The summed E-state index contributed by atoms with van der Waals surface area (Å²) < 4.78 is 36.0. The van der Waals surface area contributed by atoms with Crippen molar-refractivity contribution in [3.05, 3.63) is 41.9 Å². The Kier molecular flexibility index (Phi) is 7.29. The lowest BCUT2D eigenvalue weighted by Crippen LogP contribution is -2.50. The third kappa shape index (κ3) is 5.58. The molecule has 4 aromatic rings. The summed E-state index contributed by atoms with van der Waals surface area (Å²) in [6, 6.07) is 5.26. The summed E-state index contributed by atoms with van der Waals surface area (Å²) in [5.74, 6) is 0.0146. The van der Waals surface area contributed by atoms with Gasteiger partial charge >= 0.3 is 6.09 Å². The summed E-state index contributed by atoms with van der Waals surface area (Å²) in [6.07, 6.45) is 9.40. The van der Waals surface area contributed by atoms with Crippen molar-refractivity contribution < 1.29 is 23.4 Å². The molecule has 3 aliphatic rings. The van der Waals surface area contributed by atoms with E-state index in [0.717, 1.165) is 49.6 Å². The Hall–Kier alpha value is -3.64. The van der Waals surface area contributed by atoms with Crippen LogP contribution in [0.15, 0.2) is 36.1 Å². The highest BCUT2D eigenvalue weighted by atomic mass is 32.1. The lowest BCUT2D eigenvalue weighted by molar-refractivity contribution is -0.0394. The van der Waals surface area contributed by atoms with Gasteiger partial charge in [0.05, 0.1) is 27.6 Å². The molecule has 3 aliphatic heterocycles. The number of halogens is 1. The Labute approximate surface area is 253 Å². The number of carbonyl (C=O) groups excluding carboxylic acids is 1. The molecule has 7 rings (SSSR count). The Morgan fingerprint density at radius 3 is 2.63 bits per heavy atom. The highest BCUT2D eigenvalue weighted by Gasteiger charge is 2.45. The number of thiazole rings is 1. The first kappa shape index (κ1) is 28.1. The first-order valence-electron chi connectivity index (χ1n) is 15.0. The SMILES string of the molecule is CC(C)(C)OC(=O)N1C2CC[C@H]1CC(Oc1ccc(-c3cc(F)c(-c4cnn(C5CCCCO5)c4)c4ncsc34)nn1)C2. The topological polar surface area (TPSA) is 104 Å². The van der Waals surface area contributed by atoms with E-state index in [1.165, 1.54) is 17.4 Å². The summed E-state index contributed by atoms with van der Waals surface area (Å²) in [5, 5.41) is 13.2. The molecular formula is C31H35FN6O4S. The molecule has 0 aliphatic carbocycles. The number of amides is 1. The molecule has 0 radical (unpaired) electrons. The summed E-state index contributed by atoms with van der Waals surface area (Å²) in [7, 11) is 0. The summed E-state index contributed by atoms with van der Waals surface area (Å²) >= 11 is 1.44. The Morgan fingerprint density at radius 2 is 1.93 bits per heavy atom. The third-order valence-electron chi connectivity index (χ3n) is 8.40. The summed E-state index contributed by atoms with van der Waals surface area (Å²) in [6.45, 7) is 6.36. The standard InChI is InChI=1S/C31H35FN6O4S/c1-31(2,3)42-30(39)38-19-7-8-20(38)13-21(12-19)41-25-10-9-24(35-36-25)22-14-23(32)27(28-29(22)43-17-33-28)18-15-34-37(16-18)26-6-4-5-11-40-26/h9-10,14-17,19-21,26H,4-8,11-13H2,1-3H3/t19-,20?,21?,26?/m0/s1. The summed E-state index contributed by atoms with van der Waals surface area (Å²) in [5.41, 5.74) is 4.01. The largest absolute Gasteiger partial charge is 0.473 e. The number of fused-ring (bicyclic) bond motifs is 3. The lowest BCUT2D eigenvalue weighted by atomic mass is 10.0. The van der Waals surface area contributed by atoms with Crippen LogP contribution < -0.4 is 4.74 Å². The maximum Gasteiger partial charge on any atom is 0.410 e. The molecule has 3 fully saturated rings. The second-order valence-electron chi connectivity index (χ2n) is 12.6. The van der Waals surface area contributed by atoms with Crippen molar-refractivity contribution in [1.29, 1.82) is 0 Å². The first-order valence-corrected chi connectivity index (χ1v) is 15.9. The molecule has 0 spiro atoms. The Morgan fingerprint density at radius 1 is 1.12 bits per heavy atom. The van der Waals surface area contributed by atoms with Crippen molar-refractivity contribution >= 4 is 27.6 Å². The van der Waals surface area contributed by atoms with Crippen LogP contribution in [0.2, 0.25) is 0 Å². The fourth-order valence-corrected chi connectivity index (χ4v) is 7.37. The zero-order valence-electron chi connectivity index (χ0n) is 24.5. The predicted molar refractivity (Wildman–Crippen MR) is 159 cm³/mol. The van der Waals surface area contributed by atoms with Crippen molar-refractivity contribution in [1.82, 2.24) is 29.9 Å². The Balaban J connectivity index is 1.07. The molecule has 226 valence electrons. The van der Waals surface area contributed by atoms with E-state index in [1.54, 1.807) is 28.5 Å². The predicted octanol–water partition coefficient (Wildman–Crippen LogP) is 6.76. The molecule has 0 N–H and O–H groups in total. The Bertz CT molecular complexity index is 1610. The van der Waals surface area contributed by atoms with Crippen molar-refractivity contribution in [2.75, 3.05) is 6.61 Å². The van der Waals surface area contributed by atoms with Crippen LogP contribution in [-0.2, 0) is 9.47 Å². The van der Waals surface area contributed by atoms with Crippen LogP contribution in [0, 0.1) is 5.82 Å². The number of piperidine rings is 1. The van der Waals surface area contributed by atoms with Gasteiger partial charge in [0.2, 0.25) is 5.88 Å². The second kappa shape index (κ2) is 11.1. The molecule has 3 unspecified atom stereocenters. The number of hydrogen-bond donors (Lipinski definition) is 0. The quantitative estimate of drug-likeness (QED) is 0.245. The molecule has 3 aromatic heterocycles. The molecule has 12 heteroatoms. The fourth-order valence-electron chi connectivity index (χ4n) is 6.55. The molecule has 0 saturated carbocycles. The van der Waals surface area contributed by atoms with E-state index < -0.39 is 11.4 Å². The third-order valence-corrected chi connectivity index (χ3v) is 9.26. The van der Waals surface area contributed by atoms with E-state index in [9.17, 15) is 4.79 Å². The molecule has 4 atom stereocenters. The molecule has 3 saturated heterocycles. The van der Waals surface area contributed by atoms with Crippen molar-refractivity contribution in [3.63, 3.8) is 0 Å². The van der Waals surface area contributed by atoms with Gasteiger partial charge in [0, 0.05) is 60.5 Å². The van der Waals surface area contributed by atoms with Crippen molar-refractivity contribution in [2.45, 2.75) is 95.7 Å². The van der Waals surface area contributed by atoms with E-state index in [-0.39, 0.29) is 30.5 Å². The minimum atomic E-state index is -0.525. The van der Waals surface area contributed by atoms with Gasteiger partial charge in [0.1, 0.15) is 23.8 Å². The van der Waals surface area contributed by atoms with Gasteiger partial charge < -0.3 is 19.1 Å². The van der Waals surface area contributed by atoms with Gasteiger partial charge in [-0.2, -0.15) is 5.10 Å². The smallest absolute Gasteiger partial charge is 0.410 e. The van der Waals surface area contributed by atoms with E-state index in [1.807, 2.05) is 31.9 Å². The van der Waals surface area contributed by atoms with E-state index in [4.69, 9.17) is 14.2 Å². The van der Waals surface area contributed by atoms with Crippen molar-refractivity contribution in [2.24, 2.45) is 0 Å². The van der Waals surface area contributed by atoms with Gasteiger partial charge in [-0.1, -0.05) is 0 Å². The van der Waals surface area contributed by atoms with E-state index in [2.05, 4.69) is 20.3 Å². The van der Waals surface area contributed by atoms with Crippen molar-refractivity contribution in [3.8, 4) is 28.3 Å². The normalized spacial score (nSPS) is 24.0. The molecule has 1 amide bonds. The van der Waals surface area contributed by atoms with Gasteiger partial charge in [0.15, 0.2) is 0 Å². The van der Waals surface area contributed by atoms with Crippen LogP contribution in [0.4, 0.5) is 9.18 Å². The molecule has 10 nitrogen and oxygen atoms in total. The average Bonchev–Trinajstić information content (AvgIpc) is 3.71. The van der Waals surface area contributed by atoms with Crippen LogP contribution in [0.25, 0.3) is 32.6 Å². The van der Waals surface area contributed by atoms with Crippen LogP contribution in [0.3, 0.4) is 0 Å². The average molecular weight is 607 g/mol. The molecule has 6 heterocycles. The minimum Gasteiger partial charge on any atom is -0.473 e. The van der Waals surface area contributed by atoms with Gasteiger partial charge in [0.25, 0.3) is 0 Å². The number of benzene rings is 1. The summed E-state index contributed by atoms with van der Waals surface area (Å²) in [4.78, 5) is 19.2. The van der Waals surface area contributed by atoms with E-state index >= 15 is 4.39 Å². The molecule has 2 bridgehead atoms. The zero-order chi connectivity index (χ0) is 29.7. The molecule has 43 heavy (non-hydrogen) atoms. The number of rotatable bonds is 5. The van der Waals surface area contributed by atoms with E-state index in [0.29, 0.717) is 40.4 Å². The van der Waals surface area contributed by atoms with Gasteiger partial charge in [-0.3, -0.25) is 0 Å². The maximum absolute atomic E-state index is 15.7. The van der Waals surface area contributed by atoms with Crippen LogP contribution >= 0.6 is 11.3 Å². The molecule has 1 aromatic carbocycles. The highest BCUT2D eigenvalue weighted by molar-refractivity contribution is 7.17. The fraction of sp³-hybridized carbons (Fsp3) is 0.516. The van der Waals surface area contributed by atoms with Crippen LogP contribution in [0.5, 0.6) is 5.88 Å². The van der Waals surface area contributed by atoms with Gasteiger partial charge in [-0.05, 0) is 65.0 Å². The number of ether oxygens (including phenoxy) is 3. The molecular weight excluding hydrogens is 571 g/mol. The number of carbonyl (C=O) groups is 1. The maximum atomic E-state index is 15.7. The first-order chi connectivity index (χ1) is 20.7. The zero-order valence-corrected chi connectivity index (χ0v) is 25.3. The number of aromatic nitrogens is 5. The van der Waals surface area contributed by atoms with Crippen LogP contribution in [0.1, 0.15) is 71.9 Å². The van der Waals surface area contributed by atoms with Gasteiger partial charge in [-0.15, -0.1) is 21.5 Å². The van der Waals surface area contributed by atoms with Crippen LogP contribution in [-0.4, -0.2) is 66.4 Å². The minimum absolute atomic E-state index is 0.0683.